The summed E-state index contributed by atoms with van der Waals surface area (Å²) >= 11 is 0. The van der Waals surface area contributed by atoms with Crippen LogP contribution >= 0.6 is 0 Å². The number of rotatable bonds is 1. The highest BCUT2D eigenvalue weighted by atomic mass is 16.7. The quantitative estimate of drug-likeness (QED) is 0.805. The van der Waals surface area contributed by atoms with Crippen LogP contribution in [0.3, 0.4) is 0 Å². The lowest BCUT2D eigenvalue weighted by atomic mass is 10.1. The van der Waals surface area contributed by atoms with Crippen molar-refractivity contribution < 1.29 is 14.3 Å². The van der Waals surface area contributed by atoms with E-state index in [1.54, 1.807) is 24.4 Å². The largest absolute Gasteiger partial charge is 0.454 e. The van der Waals surface area contributed by atoms with E-state index in [9.17, 15) is 4.79 Å². The van der Waals surface area contributed by atoms with Crippen molar-refractivity contribution in [1.82, 2.24) is 9.88 Å². The second-order valence-corrected chi connectivity index (χ2v) is 5.70. The number of aromatic nitrogens is 1. The maximum Gasteiger partial charge on any atom is 0.254 e. The fourth-order valence-electron chi connectivity index (χ4n) is 2.94. The molecule has 2 aromatic rings. The van der Waals surface area contributed by atoms with Gasteiger partial charge in [0.2, 0.25) is 6.79 Å². The van der Waals surface area contributed by atoms with Crippen LogP contribution in [0.4, 0.5) is 5.82 Å². The van der Waals surface area contributed by atoms with Crippen LogP contribution < -0.4 is 14.4 Å². The van der Waals surface area contributed by atoms with Gasteiger partial charge in [-0.05, 0) is 24.3 Å². The Morgan fingerprint density at radius 2 is 2.04 bits per heavy atom. The Hall–Kier alpha value is -2.76. The molecular weight excluding hydrogens is 294 g/mol. The third-order valence-corrected chi connectivity index (χ3v) is 4.20. The summed E-state index contributed by atoms with van der Waals surface area (Å²) in [7, 11) is 2.00. The molecule has 2 aliphatic rings. The van der Waals surface area contributed by atoms with Crippen molar-refractivity contribution in [3.05, 3.63) is 47.7 Å². The standard InChI is InChI=1S/C17H17N3O3/c1-19-7-8-20(10-13-3-2-6-18-16(13)19)17(21)12-4-5-14-15(9-12)23-11-22-14/h2-6,9H,7-8,10-11H2,1H3. The monoisotopic (exact) mass is 311 g/mol. The highest BCUT2D eigenvalue weighted by molar-refractivity contribution is 5.95. The number of fused-ring (bicyclic) bond motifs is 2. The molecule has 23 heavy (non-hydrogen) atoms. The Bertz CT molecular complexity index is 762. The molecule has 0 unspecified atom stereocenters. The summed E-state index contributed by atoms with van der Waals surface area (Å²) in [6.07, 6.45) is 1.78. The molecule has 6 heteroatoms. The second-order valence-electron chi connectivity index (χ2n) is 5.70. The van der Waals surface area contributed by atoms with Gasteiger partial charge in [-0.2, -0.15) is 0 Å². The highest BCUT2D eigenvalue weighted by Gasteiger charge is 2.24. The summed E-state index contributed by atoms with van der Waals surface area (Å²) in [5, 5.41) is 0. The van der Waals surface area contributed by atoms with E-state index in [1.807, 2.05) is 24.1 Å². The van der Waals surface area contributed by atoms with E-state index in [1.165, 1.54) is 0 Å². The molecule has 0 spiro atoms. The Morgan fingerprint density at radius 1 is 1.17 bits per heavy atom. The molecule has 0 bridgehead atoms. The van der Waals surface area contributed by atoms with E-state index in [-0.39, 0.29) is 12.7 Å². The zero-order valence-corrected chi connectivity index (χ0v) is 12.9. The van der Waals surface area contributed by atoms with Gasteiger partial charge >= 0.3 is 0 Å². The molecule has 0 fully saturated rings. The normalized spacial score (nSPS) is 16.0. The number of anilines is 1. The van der Waals surface area contributed by atoms with Crippen LogP contribution in [-0.2, 0) is 6.54 Å². The minimum absolute atomic E-state index is 0.00611. The number of carbonyl (C=O) groups excluding carboxylic acids is 1. The number of benzene rings is 1. The second kappa shape index (κ2) is 5.46. The molecule has 3 heterocycles. The van der Waals surface area contributed by atoms with E-state index >= 15 is 0 Å². The van der Waals surface area contributed by atoms with Gasteiger partial charge in [-0.3, -0.25) is 4.79 Å². The number of pyridine rings is 1. The number of likely N-dealkylation sites (N-methyl/N-ethyl adjacent to an activating group) is 1. The molecule has 2 aliphatic heterocycles. The van der Waals surface area contributed by atoms with Crippen LogP contribution in [0.15, 0.2) is 36.5 Å². The third kappa shape index (κ3) is 2.46. The van der Waals surface area contributed by atoms with Gasteiger partial charge < -0.3 is 19.3 Å². The summed E-state index contributed by atoms with van der Waals surface area (Å²) in [5.74, 6) is 2.25. The van der Waals surface area contributed by atoms with E-state index in [0.717, 1.165) is 17.9 Å². The maximum absolute atomic E-state index is 12.9. The Kier molecular flexibility index (Phi) is 3.29. The minimum Gasteiger partial charge on any atom is -0.454 e. The van der Waals surface area contributed by atoms with Crippen LogP contribution in [0.25, 0.3) is 0 Å². The number of carbonyl (C=O) groups is 1. The molecule has 0 saturated carbocycles. The average Bonchev–Trinajstić information content (AvgIpc) is 2.98. The summed E-state index contributed by atoms with van der Waals surface area (Å²) in [4.78, 5) is 21.2. The van der Waals surface area contributed by atoms with Crippen LogP contribution in [0.2, 0.25) is 0 Å². The fourth-order valence-corrected chi connectivity index (χ4v) is 2.94. The number of nitrogens with zero attached hydrogens (tertiary/aromatic N) is 3. The van der Waals surface area contributed by atoms with E-state index < -0.39 is 0 Å². The molecule has 1 aromatic carbocycles. The number of amides is 1. The Balaban J connectivity index is 1.62. The van der Waals surface area contributed by atoms with Crippen molar-refractivity contribution >= 4 is 11.7 Å². The predicted octanol–water partition coefficient (Wildman–Crippen LogP) is 1.90. The SMILES string of the molecule is CN1CCN(C(=O)c2ccc3c(c2)OCO3)Cc2cccnc21. The number of hydrogen-bond donors (Lipinski definition) is 0. The highest BCUT2D eigenvalue weighted by Crippen LogP contribution is 2.33. The van der Waals surface area contributed by atoms with E-state index in [2.05, 4.69) is 9.88 Å². The molecule has 0 aliphatic carbocycles. The average molecular weight is 311 g/mol. The minimum atomic E-state index is -0.00611. The van der Waals surface area contributed by atoms with Crippen LogP contribution in [-0.4, -0.2) is 42.7 Å². The molecule has 1 amide bonds. The molecule has 4 rings (SSSR count). The molecular formula is C17H17N3O3. The lowest BCUT2D eigenvalue weighted by Crippen LogP contribution is -2.34. The lowest BCUT2D eigenvalue weighted by Gasteiger charge is -2.21. The first-order chi connectivity index (χ1) is 11.2. The van der Waals surface area contributed by atoms with Gasteiger partial charge in [0.05, 0.1) is 0 Å². The van der Waals surface area contributed by atoms with Gasteiger partial charge in [-0.1, -0.05) is 6.07 Å². The van der Waals surface area contributed by atoms with Crippen LogP contribution in [0.5, 0.6) is 11.5 Å². The van der Waals surface area contributed by atoms with E-state index in [0.29, 0.717) is 30.2 Å². The van der Waals surface area contributed by atoms with Crippen molar-refractivity contribution in [2.75, 3.05) is 31.8 Å². The zero-order chi connectivity index (χ0) is 15.8. The van der Waals surface area contributed by atoms with Crippen LogP contribution in [0.1, 0.15) is 15.9 Å². The molecule has 0 radical (unpaired) electrons. The van der Waals surface area contributed by atoms with Crippen molar-refractivity contribution in [1.29, 1.82) is 0 Å². The number of hydrogen-bond acceptors (Lipinski definition) is 5. The summed E-state index contributed by atoms with van der Waals surface area (Å²) < 4.78 is 10.7. The molecule has 0 N–H and O–H groups in total. The first-order valence-corrected chi connectivity index (χ1v) is 7.56. The molecule has 0 saturated heterocycles. The topological polar surface area (TPSA) is 54.9 Å². The Morgan fingerprint density at radius 3 is 2.96 bits per heavy atom. The Labute approximate surface area is 134 Å². The van der Waals surface area contributed by atoms with Crippen molar-refractivity contribution in [2.24, 2.45) is 0 Å². The van der Waals surface area contributed by atoms with Crippen LogP contribution in [0, 0.1) is 0 Å². The van der Waals surface area contributed by atoms with Gasteiger partial charge in [0.25, 0.3) is 5.91 Å². The third-order valence-electron chi connectivity index (χ3n) is 4.20. The predicted molar refractivity (Wildman–Crippen MR) is 84.8 cm³/mol. The molecule has 1 aromatic heterocycles. The van der Waals surface area contributed by atoms with Gasteiger partial charge in [0.1, 0.15) is 5.82 Å². The summed E-state index contributed by atoms with van der Waals surface area (Å²) in [6.45, 7) is 2.17. The first-order valence-electron chi connectivity index (χ1n) is 7.56. The van der Waals surface area contributed by atoms with E-state index in [4.69, 9.17) is 9.47 Å². The lowest BCUT2D eigenvalue weighted by molar-refractivity contribution is 0.0751. The maximum atomic E-state index is 12.9. The summed E-state index contributed by atoms with van der Waals surface area (Å²) in [5.41, 5.74) is 1.67. The van der Waals surface area contributed by atoms with Crippen molar-refractivity contribution in [3.8, 4) is 11.5 Å². The molecule has 118 valence electrons. The number of ether oxygens (including phenoxy) is 2. The van der Waals surface area contributed by atoms with Crippen molar-refractivity contribution in [2.45, 2.75) is 6.54 Å². The van der Waals surface area contributed by atoms with Gasteiger partial charge in [-0.15, -0.1) is 0 Å². The summed E-state index contributed by atoms with van der Waals surface area (Å²) in [6, 6.07) is 9.25. The fraction of sp³-hybridized carbons (Fsp3) is 0.294. The first kappa shape index (κ1) is 13.9. The molecule has 0 atom stereocenters. The molecule has 6 nitrogen and oxygen atoms in total. The smallest absolute Gasteiger partial charge is 0.254 e. The van der Waals surface area contributed by atoms with Gasteiger partial charge in [-0.25, -0.2) is 4.98 Å². The van der Waals surface area contributed by atoms with Crippen molar-refractivity contribution in [3.63, 3.8) is 0 Å². The van der Waals surface area contributed by atoms with Gasteiger partial charge in [0, 0.05) is 44.0 Å². The zero-order valence-electron chi connectivity index (χ0n) is 12.9. The van der Waals surface area contributed by atoms with Gasteiger partial charge in [0.15, 0.2) is 11.5 Å².